The number of rotatable bonds is 6. The highest BCUT2D eigenvalue weighted by molar-refractivity contribution is 5.92. The van der Waals surface area contributed by atoms with Crippen LogP contribution in [0.5, 0.6) is 0 Å². The highest BCUT2D eigenvalue weighted by Crippen LogP contribution is 2.50. The normalized spacial score (nSPS) is 25.2. The average Bonchev–Trinajstić information content (AvgIpc) is 3.56. The van der Waals surface area contributed by atoms with E-state index in [-0.39, 0.29) is 11.8 Å². The van der Waals surface area contributed by atoms with Crippen molar-refractivity contribution in [3.8, 4) is 0 Å². The summed E-state index contributed by atoms with van der Waals surface area (Å²) >= 11 is 0. The quantitative estimate of drug-likeness (QED) is 0.729. The summed E-state index contributed by atoms with van der Waals surface area (Å²) in [5, 5.41) is 3.04. The molecule has 1 aliphatic carbocycles. The van der Waals surface area contributed by atoms with E-state index in [1.165, 1.54) is 14.0 Å². The van der Waals surface area contributed by atoms with Crippen LogP contribution < -0.4 is 5.32 Å². The molecule has 0 bridgehead atoms. The second kappa shape index (κ2) is 8.92. The van der Waals surface area contributed by atoms with Crippen LogP contribution in [0.25, 0.3) is 0 Å². The fraction of sp³-hybridized carbons (Fsp3) is 0.400. The Balaban J connectivity index is 1.84. The Bertz CT molecular complexity index is 943. The highest BCUT2D eigenvalue weighted by Gasteiger charge is 2.57. The Kier molecular flexibility index (Phi) is 6.07. The largest absolute Gasteiger partial charge is 0.469 e. The lowest BCUT2D eigenvalue weighted by molar-refractivity contribution is -0.147. The molecule has 0 spiro atoms. The van der Waals surface area contributed by atoms with Gasteiger partial charge in [-0.15, -0.1) is 0 Å². The number of methoxy groups -OCH3 is 1. The van der Waals surface area contributed by atoms with Gasteiger partial charge in [0, 0.05) is 19.4 Å². The van der Waals surface area contributed by atoms with Crippen molar-refractivity contribution in [2.24, 2.45) is 11.8 Å². The van der Waals surface area contributed by atoms with Crippen LogP contribution >= 0.6 is 0 Å². The van der Waals surface area contributed by atoms with Gasteiger partial charge in [0.25, 0.3) is 0 Å². The highest BCUT2D eigenvalue weighted by atomic mass is 16.5. The number of hydrogen-bond donors (Lipinski definition) is 1. The molecule has 2 aliphatic rings. The van der Waals surface area contributed by atoms with E-state index >= 15 is 0 Å². The Labute approximate surface area is 182 Å². The van der Waals surface area contributed by atoms with E-state index in [9.17, 15) is 14.4 Å². The van der Waals surface area contributed by atoms with Crippen LogP contribution in [0.4, 0.5) is 0 Å². The molecule has 162 valence electrons. The van der Waals surface area contributed by atoms with E-state index in [1.807, 2.05) is 60.7 Å². The summed E-state index contributed by atoms with van der Waals surface area (Å²) in [5.41, 5.74) is 1.65. The fourth-order valence-corrected chi connectivity index (χ4v) is 4.76. The Morgan fingerprint density at radius 1 is 0.968 bits per heavy atom. The van der Waals surface area contributed by atoms with Gasteiger partial charge >= 0.3 is 5.97 Å². The fourth-order valence-electron chi connectivity index (χ4n) is 4.76. The zero-order valence-corrected chi connectivity index (χ0v) is 17.9. The molecule has 2 aromatic carbocycles. The van der Waals surface area contributed by atoms with Gasteiger partial charge in [-0.3, -0.25) is 14.4 Å². The van der Waals surface area contributed by atoms with Crippen molar-refractivity contribution in [3.05, 3.63) is 71.8 Å². The smallest absolute Gasteiger partial charge is 0.311 e. The summed E-state index contributed by atoms with van der Waals surface area (Å²) in [7, 11) is 1.35. The monoisotopic (exact) mass is 420 g/mol. The molecule has 1 aliphatic heterocycles. The van der Waals surface area contributed by atoms with Gasteiger partial charge in [0.15, 0.2) is 0 Å². The number of benzene rings is 2. The first kappa shape index (κ1) is 21.1. The molecule has 4 atom stereocenters. The van der Waals surface area contributed by atoms with Crippen LogP contribution in [-0.4, -0.2) is 42.4 Å². The molecule has 1 heterocycles. The lowest BCUT2D eigenvalue weighted by atomic mass is 9.80. The second-order valence-electron chi connectivity index (χ2n) is 8.40. The minimum atomic E-state index is -0.798. The molecule has 1 N–H and O–H groups in total. The first-order chi connectivity index (χ1) is 15.0. The van der Waals surface area contributed by atoms with E-state index in [1.54, 1.807) is 4.90 Å². The maximum absolute atomic E-state index is 13.5. The van der Waals surface area contributed by atoms with Crippen molar-refractivity contribution in [3.63, 3.8) is 0 Å². The van der Waals surface area contributed by atoms with E-state index in [2.05, 4.69) is 5.32 Å². The van der Waals surface area contributed by atoms with Crippen LogP contribution in [0.15, 0.2) is 60.7 Å². The van der Waals surface area contributed by atoms with Gasteiger partial charge in [-0.05, 0) is 29.9 Å². The van der Waals surface area contributed by atoms with Crippen molar-refractivity contribution in [1.82, 2.24) is 10.2 Å². The molecule has 0 aromatic heterocycles. The molecule has 31 heavy (non-hydrogen) atoms. The van der Waals surface area contributed by atoms with Crippen molar-refractivity contribution in [2.75, 3.05) is 13.7 Å². The van der Waals surface area contributed by atoms with Gasteiger partial charge in [-0.2, -0.15) is 0 Å². The van der Waals surface area contributed by atoms with Crippen LogP contribution in [0.2, 0.25) is 0 Å². The van der Waals surface area contributed by atoms with Gasteiger partial charge in [0.1, 0.15) is 6.04 Å². The third-order valence-electron chi connectivity index (χ3n) is 6.36. The molecule has 4 rings (SSSR count). The van der Waals surface area contributed by atoms with E-state index in [4.69, 9.17) is 4.74 Å². The molecule has 1 saturated carbocycles. The standard InChI is InChI=1S/C25H28N2O4/c1-16(28)27-22(19-11-7-4-8-12-19)21(25(30)31-2)20(18-9-5-3-6-10-18)23(27)24(29)26-15-17-13-14-17/h3-12,17,20-23H,13-15H2,1-2H3,(H,26,29). The molecule has 2 aromatic rings. The summed E-state index contributed by atoms with van der Waals surface area (Å²) < 4.78 is 5.19. The van der Waals surface area contributed by atoms with Crippen LogP contribution in [0, 0.1) is 11.8 Å². The Morgan fingerprint density at radius 3 is 2.06 bits per heavy atom. The first-order valence-corrected chi connectivity index (χ1v) is 10.8. The molecular formula is C25H28N2O4. The van der Waals surface area contributed by atoms with Crippen molar-refractivity contribution in [2.45, 2.75) is 37.8 Å². The Hall–Kier alpha value is -3.15. The van der Waals surface area contributed by atoms with Crippen molar-refractivity contribution < 1.29 is 19.1 Å². The molecule has 1 saturated heterocycles. The number of amides is 2. The van der Waals surface area contributed by atoms with Gasteiger partial charge < -0.3 is 15.0 Å². The first-order valence-electron chi connectivity index (χ1n) is 10.8. The van der Waals surface area contributed by atoms with Gasteiger partial charge in [-0.25, -0.2) is 0 Å². The van der Waals surface area contributed by atoms with E-state index < -0.39 is 29.9 Å². The topological polar surface area (TPSA) is 75.7 Å². The number of esters is 1. The summed E-state index contributed by atoms with van der Waals surface area (Å²) in [6, 6.07) is 17.5. The molecule has 6 heteroatoms. The Morgan fingerprint density at radius 2 is 1.55 bits per heavy atom. The van der Waals surface area contributed by atoms with Gasteiger partial charge in [-0.1, -0.05) is 60.7 Å². The lowest BCUT2D eigenvalue weighted by Gasteiger charge is -2.30. The van der Waals surface area contributed by atoms with Crippen LogP contribution in [0.1, 0.15) is 42.9 Å². The maximum atomic E-state index is 13.5. The van der Waals surface area contributed by atoms with E-state index in [0.717, 1.165) is 24.0 Å². The summed E-state index contributed by atoms with van der Waals surface area (Å²) in [5.74, 6) is -1.59. The second-order valence-corrected chi connectivity index (χ2v) is 8.40. The molecule has 2 fully saturated rings. The number of nitrogens with zero attached hydrogens (tertiary/aromatic N) is 1. The number of ether oxygens (including phenoxy) is 1. The molecule has 4 unspecified atom stereocenters. The number of hydrogen-bond acceptors (Lipinski definition) is 4. The average molecular weight is 421 g/mol. The third kappa shape index (κ3) is 4.20. The van der Waals surface area contributed by atoms with Crippen LogP contribution in [0.3, 0.4) is 0 Å². The summed E-state index contributed by atoms with van der Waals surface area (Å²) in [6.07, 6.45) is 2.22. The number of carbonyl (C=O) groups is 3. The molecular weight excluding hydrogens is 392 g/mol. The zero-order valence-electron chi connectivity index (χ0n) is 17.9. The van der Waals surface area contributed by atoms with E-state index in [0.29, 0.717) is 12.5 Å². The lowest BCUT2D eigenvalue weighted by Crippen LogP contribution is -2.48. The predicted molar refractivity (Wildman–Crippen MR) is 116 cm³/mol. The minimum absolute atomic E-state index is 0.219. The SMILES string of the molecule is COC(=O)C1C(c2ccccc2)C(C(=O)NCC2CC2)N(C(C)=O)C1c1ccccc1. The minimum Gasteiger partial charge on any atom is -0.469 e. The van der Waals surface area contributed by atoms with Crippen LogP contribution in [-0.2, 0) is 19.1 Å². The number of nitrogens with one attached hydrogen (secondary N) is 1. The molecule has 2 amide bonds. The zero-order chi connectivity index (χ0) is 22.0. The third-order valence-corrected chi connectivity index (χ3v) is 6.36. The van der Waals surface area contributed by atoms with Crippen molar-refractivity contribution in [1.29, 1.82) is 0 Å². The predicted octanol–water partition coefficient (Wildman–Crippen LogP) is 3.06. The number of likely N-dealkylation sites (tertiary alicyclic amines) is 1. The van der Waals surface area contributed by atoms with Gasteiger partial charge in [0.2, 0.25) is 11.8 Å². The van der Waals surface area contributed by atoms with Crippen molar-refractivity contribution >= 4 is 17.8 Å². The number of carbonyl (C=O) groups excluding carboxylic acids is 3. The maximum Gasteiger partial charge on any atom is 0.311 e. The molecule has 6 nitrogen and oxygen atoms in total. The summed E-state index contributed by atoms with van der Waals surface area (Å²) in [6.45, 7) is 2.06. The molecule has 0 radical (unpaired) electrons. The van der Waals surface area contributed by atoms with Gasteiger partial charge in [0.05, 0.1) is 19.1 Å². The summed E-state index contributed by atoms with van der Waals surface area (Å²) in [4.78, 5) is 41.1.